The van der Waals surface area contributed by atoms with Crippen LogP contribution in [-0.4, -0.2) is 9.55 Å². The lowest BCUT2D eigenvalue weighted by Gasteiger charge is -2.10. The Morgan fingerprint density at radius 1 is 1.23 bits per heavy atom. The minimum Gasteiger partial charge on any atom is -0.437 e. The fourth-order valence-electron chi connectivity index (χ4n) is 2.61. The molecule has 3 nitrogen and oxygen atoms in total. The van der Waals surface area contributed by atoms with Gasteiger partial charge in [-0.15, -0.1) is 6.58 Å². The normalized spacial score (nSPS) is 10.9. The molecule has 2 heterocycles. The summed E-state index contributed by atoms with van der Waals surface area (Å²) < 4.78 is 21.0. The SMILES string of the molecule is C=CCn1c(C)c(C)c2ccnc(Oc3ccc(F)cc3)c21. The summed E-state index contributed by atoms with van der Waals surface area (Å²) in [7, 11) is 0. The number of hydrogen-bond acceptors (Lipinski definition) is 2. The van der Waals surface area contributed by atoms with Gasteiger partial charge in [0.15, 0.2) is 0 Å². The van der Waals surface area contributed by atoms with Crippen LogP contribution in [0.2, 0.25) is 0 Å². The smallest absolute Gasteiger partial charge is 0.244 e. The zero-order valence-corrected chi connectivity index (χ0v) is 12.6. The van der Waals surface area contributed by atoms with E-state index in [9.17, 15) is 4.39 Å². The molecule has 0 atom stereocenters. The zero-order chi connectivity index (χ0) is 15.7. The molecule has 0 aliphatic carbocycles. The molecular weight excluding hydrogens is 279 g/mol. The lowest BCUT2D eigenvalue weighted by molar-refractivity contribution is 0.464. The number of pyridine rings is 1. The van der Waals surface area contributed by atoms with Gasteiger partial charge in [0.1, 0.15) is 17.1 Å². The molecule has 0 radical (unpaired) electrons. The number of nitrogens with zero attached hydrogens (tertiary/aromatic N) is 2. The molecule has 22 heavy (non-hydrogen) atoms. The van der Waals surface area contributed by atoms with Crippen molar-refractivity contribution < 1.29 is 9.13 Å². The van der Waals surface area contributed by atoms with Crippen LogP contribution in [0.1, 0.15) is 11.3 Å². The van der Waals surface area contributed by atoms with Crippen LogP contribution in [0.5, 0.6) is 11.6 Å². The first kappa shape index (κ1) is 14.3. The van der Waals surface area contributed by atoms with Gasteiger partial charge in [0.25, 0.3) is 0 Å². The van der Waals surface area contributed by atoms with Gasteiger partial charge in [0.05, 0.1) is 0 Å². The highest BCUT2D eigenvalue weighted by Gasteiger charge is 2.16. The fraction of sp³-hybridized carbons (Fsp3) is 0.167. The first-order valence-corrected chi connectivity index (χ1v) is 7.10. The Morgan fingerprint density at radius 3 is 2.64 bits per heavy atom. The summed E-state index contributed by atoms with van der Waals surface area (Å²) in [5, 5.41) is 1.10. The second-order valence-corrected chi connectivity index (χ2v) is 5.18. The molecule has 4 heteroatoms. The summed E-state index contributed by atoms with van der Waals surface area (Å²) in [5.74, 6) is 0.783. The summed E-state index contributed by atoms with van der Waals surface area (Å²) in [6.45, 7) is 8.65. The number of halogens is 1. The standard InChI is InChI=1S/C18H17FN2O/c1-4-11-21-13(3)12(2)16-9-10-20-18(17(16)21)22-15-7-5-14(19)6-8-15/h4-10H,1,11H2,2-3H3. The molecule has 0 saturated carbocycles. The molecule has 0 bridgehead atoms. The highest BCUT2D eigenvalue weighted by Crippen LogP contribution is 2.33. The molecule has 1 aromatic carbocycles. The van der Waals surface area contributed by atoms with Gasteiger partial charge in [-0.25, -0.2) is 9.37 Å². The minimum atomic E-state index is -0.291. The number of aromatic nitrogens is 2. The number of ether oxygens (including phenoxy) is 1. The van der Waals surface area contributed by atoms with Gasteiger partial charge in [-0.2, -0.15) is 0 Å². The second-order valence-electron chi connectivity index (χ2n) is 5.18. The second kappa shape index (κ2) is 5.64. The van der Waals surface area contributed by atoms with Crippen molar-refractivity contribution >= 4 is 10.9 Å². The molecule has 0 fully saturated rings. The van der Waals surface area contributed by atoms with E-state index in [2.05, 4.69) is 30.0 Å². The average Bonchev–Trinajstić information content (AvgIpc) is 2.76. The van der Waals surface area contributed by atoms with Crippen LogP contribution in [0.4, 0.5) is 4.39 Å². The van der Waals surface area contributed by atoms with E-state index in [0.717, 1.165) is 16.6 Å². The van der Waals surface area contributed by atoms with Gasteiger partial charge in [-0.05, 0) is 49.7 Å². The van der Waals surface area contributed by atoms with Crippen molar-refractivity contribution in [2.24, 2.45) is 0 Å². The Labute approximate surface area is 128 Å². The molecular formula is C18H17FN2O. The van der Waals surface area contributed by atoms with Gasteiger partial charge in [-0.1, -0.05) is 6.08 Å². The van der Waals surface area contributed by atoms with Crippen molar-refractivity contribution in [3.63, 3.8) is 0 Å². The molecule has 0 N–H and O–H groups in total. The van der Waals surface area contributed by atoms with Crippen molar-refractivity contribution in [3.05, 3.63) is 66.3 Å². The van der Waals surface area contributed by atoms with E-state index in [1.54, 1.807) is 18.3 Å². The summed E-state index contributed by atoms with van der Waals surface area (Å²) >= 11 is 0. The van der Waals surface area contributed by atoms with Crippen molar-refractivity contribution in [3.8, 4) is 11.6 Å². The van der Waals surface area contributed by atoms with Crippen molar-refractivity contribution in [2.75, 3.05) is 0 Å². The van der Waals surface area contributed by atoms with Gasteiger partial charge >= 0.3 is 0 Å². The molecule has 0 unspecified atom stereocenters. The Balaban J connectivity index is 2.15. The Kier molecular flexibility index (Phi) is 3.67. The average molecular weight is 296 g/mol. The third-order valence-electron chi connectivity index (χ3n) is 3.85. The van der Waals surface area contributed by atoms with Gasteiger partial charge < -0.3 is 9.30 Å². The lowest BCUT2D eigenvalue weighted by Crippen LogP contribution is -2.00. The molecule has 2 aromatic heterocycles. The predicted octanol–water partition coefficient (Wildman–Crippen LogP) is 4.77. The molecule has 0 aliphatic heterocycles. The van der Waals surface area contributed by atoms with Crippen LogP contribution in [-0.2, 0) is 6.54 Å². The monoisotopic (exact) mass is 296 g/mol. The van der Waals surface area contributed by atoms with E-state index in [0.29, 0.717) is 18.2 Å². The number of aryl methyl sites for hydroxylation is 1. The van der Waals surface area contributed by atoms with Crippen molar-refractivity contribution in [2.45, 2.75) is 20.4 Å². The van der Waals surface area contributed by atoms with Crippen LogP contribution >= 0.6 is 0 Å². The van der Waals surface area contributed by atoms with Gasteiger partial charge in [0, 0.05) is 23.8 Å². The van der Waals surface area contributed by atoms with E-state index in [1.165, 1.54) is 17.7 Å². The van der Waals surface area contributed by atoms with Gasteiger partial charge in [-0.3, -0.25) is 0 Å². The van der Waals surface area contributed by atoms with Crippen LogP contribution in [0.3, 0.4) is 0 Å². The summed E-state index contributed by atoms with van der Waals surface area (Å²) in [6, 6.07) is 7.91. The summed E-state index contributed by atoms with van der Waals surface area (Å²) in [6.07, 6.45) is 3.58. The first-order chi connectivity index (χ1) is 10.6. The number of allylic oxidation sites excluding steroid dienone is 1. The van der Waals surface area contributed by atoms with Crippen LogP contribution in [0.15, 0.2) is 49.2 Å². The number of benzene rings is 1. The summed E-state index contributed by atoms with van der Waals surface area (Å²) in [5.41, 5.74) is 3.29. The quantitative estimate of drug-likeness (QED) is 0.648. The van der Waals surface area contributed by atoms with Gasteiger partial charge in [0.2, 0.25) is 5.88 Å². The van der Waals surface area contributed by atoms with E-state index in [4.69, 9.17) is 4.74 Å². The zero-order valence-electron chi connectivity index (χ0n) is 12.6. The molecule has 112 valence electrons. The van der Waals surface area contributed by atoms with Crippen LogP contribution < -0.4 is 4.74 Å². The van der Waals surface area contributed by atoms with Crippen molar-refractivity contribution in [1.29, 1.82) is 0 Å². The first-order valence-electron chi connectivity index (χ1n) is 7.10. The maximum Gasteiger partial charge on any atom is 0.244 e. The Bertz CT molecular complexity index is 834. The van der Waals surface area contributed by atoms with E-state index in [1.807, 2.05) is 12.1 Å². The van der Waals surface area contributed by atoms with Crippen LogP contribution in [0, 0.1) is 19.7 Å². The van der Waals surface area contributed by atoms with E-state index < -0.39 is 0 Å². The highest BCUT2D eigenvalue weighted by molar-refractivity contribution is 5.89. The molecule has 3 rings (SSSR count). The largest absolute Gasteiger partial charge is 0.437 e. The topological polar surface area (TPSA) is 27.1 Å². The Hall–Kier alpha value is -2.62. The van der Waals surface area contributed by atoms with Crippen molar-refractivity contribution in [1.82, 2.24) is 9.55 Å². The maximum absolute atomic E-state index is 13.0. The van der Waals surface area contributed by atoms with Crippen LogP contribution in [0.25, 0.3) is 10.9 Å². The highest BCUT2D eigenvalue weighted by atomic mass is 19.1. The maximum atomic E-state index is 13.0. The molecule has 0 amide bonds. The predicted molar refractivity (Wildman–Crippen MR) is 85.9 cm³/mol. The molecule has 0 aliphatic rings. The summed E-state index contributed by atoms with van der Waals surface area (Å²) in [4.78, 5) is 4.35. The van der Waals surface area contributed by atoms with E-state index >= 15 is 0 Å². The lowest BCUT2D eigenvalue weighted by atomic mass is 10.2. The number of fused-ring (bicyclic) bond motifs is 1. The molecule has 0 spiro atoms. The molecule has 0 saturated heterocycles. The Morgan fingerprint density at radius 2 is 1.95 bits per heavy atom. The fourth-order valence-corrected chi connectivity index (χ4v) is 2.61. The molecule has 3 aromatic rings. The number of hydrogen-bond donors (Lipinski definition) is 0. The van der Waals surface area contributed by atoms with E-state index in [-0.39, 0.29) is 5.82 Å². The third-order valence-corrected chi connectivity index (χ3v) is 3.85. The third kappa shape index (κ3) is 2.37. The number of rotatable bonds is 4. The minimum absolute atomic E-state index is 0.291.